The topological polar surface area (TPSA) is 90.0 Å². The maximum Gasteiger partial charge on any atom is 0.260 e. The van der Waals surface area contributed by atoms with Crippen LogP contribution in [0, 0.1) is 0 Å². The van der Waals surface area contributed by atoms with E-state index in [0.717, 1.165) is 0 Å². The monoisotopic (exact) mass is 399 g/mol. The Labute approximate surface area is 172 Å². The standard InChI is InChI=1S/C23H17N3O4/c27-19-12-6-4-10-17(19)24-20(28)13-25-21-14-7-1-2-8-15(14)23(30)26(21)18-11-5-3-9-16(18)22(25)29/h1-12,21,27H,13H2,(H,24,28)/t21-/m1/s1. The maximum atomic E-state index is 13.3. The average molecular weight is 399 g/mol. The Hall–Kier alpha value is -4.13. The van der Waals surface area contributed by atoms with Gasteiger partial charge in [0.1, 0.15) is 18.5 Å². The van der Waals surface area contributed by atoms with E-state index in [9.17, 15) is 19.5 Å². The summed E-state index contributed by atoms with van der Waals surface area (Å²) in [4.78, 5) is 42.1. The Morgan fingerprint density at radius 3 is 2.33 bits per heavy atom. The average Bonchev–Trinajstić information content (AvgIpc) is 3.06. The molecular weight excluding hydrogens is 382 g/mol. The molecule has 2 aliphatic rings. The van der Waals surface area contributed by atoms with Crippen LogP contribution in [0.5, 0.6) is 5.75 Å². The van der Waals surface area contributed by atoms with Crippen LogP contribution in [-0.4, -0.2) is 34.3 Å². The molecule has 3 amide bonds. The van der Waals surface area contributed by atoms with Gasteiger partial charge in [0.2, 0.25) is 5.91 Å². The molecule has 30 heavy (non-hydrogen) atoms. The SMILES string of the molecule is O=C(CN1C(=O)c2ccccc2N2C(=O)c3ccccc3[C@H]12)Nc1ccccc1O. The molecule has 7 nitrogen and oxygen atoms in total. The molecule has 2 aliphatic heterocycles. The first-order valence-corrected chi connectivity index (χ1v) is 9.46. The normalized spacial score (nSPS) is 16.7. The summed E-state index contributed by atoms with van der Waals surface area (Å²) in [5.74, 6) is -1.07. The van der Waals surface area contributed by atoms with Crippen LogP contribution in [0.15, 0.2) is 72.8 Å². The van der Waals surface area contributed by atoms with Crippen LogP contribution in [0.4, 0.5) is 11.4 Å². The van der Waals surface area contributed by atoms with E-state index in [2.05, 4.69) is 5.32 Å². The van der Waals surface area contributed by atoms with Crippen LogP contribution < -0.4 is 10.2 Å². The number of nitrogens with zero attached hydrogens (tertiary/aromatic N) is 2. The molecule has 0 bridgehead atoms. The molecular formula is C23H17N3O4. The van der Waals surface area contributed by atoms with E-state index in [1.165, 1.54) is 11.0 Å². The molecule has 0 saturated heterocycles. The first-order valence-electron chi connectivity index (χ1n) is 9.46. The van der Waals surface area contributed by atoms with Crippen LogP contribution in [-0.2, 0) is 4.79 Å². The van der Waals surface area contributed by atoms with Gasteiger partial charge in [0.25, 0.3) is 11.8 Å². The van der Waals surface area contributed by atoms with Crippen LogP contribution in [0.2, 0.25) is 0 Å². The number of hydrogen-bond acceptors (Lipinski definition) is 4. The van der Waals surface area contributed by atoms with Crippen molar-refractivity contribution in [2.45, 2.75) is 6.17 Å². The summed E-state index contributed by atoms with van der Waals surface area (Å²) in [5, 5.41) is 12.5. The molecule has 5 rings (SSSR count). The Bertz CT molecular complexity index is 1210. The van der Waals surface area contributed by atoms with Crippen molar-refractivity contribution in [1.29, 1.82) is 0 Å². The number of fused-ring (bicyclic) bond motifs is 5. The number of nitrogens with one attached hydrogen (secondary N) is 1. The van der Waals surface area contributed by atoms with Gasteiger partial charge in [0.15, 0.2) is 0 Å². The van der Waals surface area contributed by atoms with Crippen LogP contribution in [0.25, 0.3) is 0 Å². The first kappa shape index (κ1) is 17.9. The van der Waals surface area contributed by atoms with Crippen molar-refractivity contribution in [2.24, 2.45) is 0 Å². The third-order valence-corrected chi connectivity index (χ3v) is 5.37. The van der Waals surface area contributed by atoms with Gasteiger partial charge in [-0.15, -0.1) is 0 Å². The number of aromatic hydroxyl groups is 1. The summed E-state index contributed by atoms with van der Waals surface area (Å²) in [7, 11) is 0. The van der Waals surface area contributed by atoms with Crippen molar-refractivity contribution < 1.29 is 19.5 Å². The zero-order valence-corrected chi connectivity index (χ0v) is 15.8. The van der Waals surface area contributed by atoms with Crippen LogP contribution in [0.3, 0.4) is 0 Å². The minimum atomic E-state index is -0.703. The third-order valence-electron chi connectivity index (χ3n) is 5.37. The summed E-state index contributed by atoms with van der Waals surface area (Å²) in [5.41, 5.74) is 2.35. The van der Waals surface area contributed by atoms with E-state index in [4.69, 9.17) is 0 Å². The minimum Gasteiger partial charge on any atom is -0.506 e. The highest BCUT2D eigenvalue weighted by atomic mass is 16.3. The van der Waals surface area contributed by atoms with Gasteiger partial charge in [0, 0.05) is 11.1 Å². The summed E-state index contributed by atoms with van der Waals surface area (Å²) in [6.45, 7) is -0.274. The quantitative estimate of drug-likeness (QED) is 0.662. The number of phenolic OH excluding ortho intramolecular Hbond substituents is 1. The number of carbonyl (C=O) groups excluding carboxylic acids is 3. The lowest BCUT2D eigenvalue weighted by molar-refractivity contribution is -0.117. The number of benzene rings is 3. The minimum absolute atomic E-state index is 0.0656. The second kappa shape index (κ2) is 6.73. The molecule has 0 unspecified atom stereocenters. The predicted molar refractivity (Wildman–Crippen MR) is 110 cm³/mol. The zero-order valence-electron chi connectivity index (χ0n) is 15.8. The number of hydrogen-bond donors (Lipinski definition) is 2. The zero-order chi connectivity index (χ0) is 20.8. The number of anilines is 2. The van der Waals surface area contributed by atoms with E-state index in [1.54, 1.807) is 71.6 Å². The second-order valence-corrected chi connectivity index (χ2v) is 7.15. The fourth-order valence-corrected chi connectivity index (χ4v) is 4.06. The molecule has 148 valence electrons. The summed E-state index contributed by atoms with van der Waals surface area (Å²) in [6, 6.07) is 20.4. The smallest absolute Gasteiger partial charge is 0.260 e. The van der Waals surface area contributed by atoms with Crippen LogP contribution >= 0.6 is 0 Å². The van der Waals surface area contributed by atoms with Gasteiger partial charge in [-0.2, -0.15) is 0 Å². The molecule has 3 aromatic carbocycles. The number of para-hydroxylation sites is 3. The molecule has 0 fully saturated rings. The molecule has 0 aromatic heterocycles. The fraction of sp³-hybridized carbons (Fsp3) is 0.0870. The van der Waals surface area contributed by atoms with Crippen molar-refractivity contribution in [2.75, 3.05) is 16.8 Å². The van der Waals surface area contributed by atoms with Gasteiger partial charge in [-0.1, -0.05) is 42.5 Å². The molecule has 2 heterocycles. The first-order chi connectivity index (χ1) is 14.6. The van der Waals surface area contributed by atoms with Gasteiger partial charge in [0.05, 0.1) is 16.9 Å². The Kier molecular flexibility index (Phi) is 4.03. The fourth-order valence-electron chi connectivity index (χ4n) is 4.06. The largest absolute Gasteiger partial charge is 0.506 e. The highest BCUT2D eigenvalue weighted by Gasteiger charge is 2.48. The van der Waals surface area contributed by atoms with Gasteiger partial charge in [-0.05, 0) is 30.3 Å². The summed E-state index contributed by atoms with van der Waals surface area (Å²) in [6.07, 6.45) is -0.703. The Morgan fingerprint density at radius 1 is 0.867 bits per heavy atom. The summed E-state index contributed by atoms with van der Waals surface area (Å²) >= 11 is 0. The van der Waals surface area contributed by atoms with Crippen molar-refractivity contribution in [3.05, 3.63) is 89.5 Å². The van der Waals surface area contributed by atoms with Crippen molar-refractivity contribution in [3.63, 3.8) is 0 Å². The molecule has 0 saturated carbocycles. The van der Waals surface area contributed by atoms with Crippen LogP contribution in [0.1, 0.15) is 32.4 Å². The summed E-state index contributed by atoms with van der Waals surface area (Å²) < 4.78 is 0. The van der Waals surface area contributed by atoms with Gasteiger partial charge < -0.3 is 15.3 Å². The van der Waals surface area contributed by atoms with Gasteiger partial charge >= 0.3 is 0 Å². The highest BCUT2D eigenvalue weighted by molar-refractivity contribution is 6.17. The van der Waals surface area contributed by atoms with Gasteiger partial charge in [-0.3, -0.25) is 19.3 Å². The third kappa shape index (κ3) is 2.63. The van der Waals surface area contributed by atoms with Gasteiger partial charge in [-0.25, -0.2) is 0 Å². The van der Waals surface area contributed by atoms with E-state index >= 15 is 0 Å². The maximum absolute atomic E-state index is 13.3. The van der Waals surface area contributed by atoms with Crippen molar-refractivity contribution in [3.8, 4) is 5.75 Å². The Balaban J connectivity index is 1.54. The number of phenols is 1. The highest BCUT2D eigenvalue weighted by Crippen LogP contribution is 2.45. The molecule has 2 N–H and O–H groups in total. The molecule has 0 aliphatic carbocycles. The van der Waals surface area contributed by atoms with Crippen molar-refractivity contribution >= 4 is 29.1 Å². The van der Waals surface area contributed by atoms with E-state index in [1.807, 2.05) is 0 Å². The second-order valence-electron chi connectivity index (χ2n) is 7.15. The lowest BCUT2D eigenvalue weighted by Gasteiger charge is -2.40. The molecule has 0 spiro atoms. The van der Waals surface area contributed by atoms with E-state index in [0.29, 0.717) is 22.4 Å². The predicted octanol–water partition coefficient (Wildman–Crippen LogP) is 3.15. The number of amides is 3. The van der Waals surface area contributed by atoms with Crippen molar-refractivity contribution in [1.82, 2.24) is 4.90 Å². The van der Waals surface area contributed by atoms with E-state index < -0.39 is 12.1 Å². The number of rotatable bonds is 3. The molecule has 1 atom stereocenters. The lowest BCUT2D eigenvalue weighted by Crippen LogP contribution is -2.50. The lowest BCUT2D eigenvalue weighted by atomic mass is 10.0. The number of carbonyl (C=O) groups is 3. The van der Waals surface area contributed by atoms with E-state index in [-0.39, 0.29) is 29.8 Å². The molecule has 7 heteroatoms. The molecule has 3 aromatic rings. The molecule has 0 radical (unpaired) electrons. The Morgan fingerprint density at radius 2 is 1.53 bits per heavy atom.